The van der Waals surface area contributed by atoms with Crippen LogP contribution in [0.5, 0.6) is 11.5 Å². The lowest BCUT2D eigenvalue weighted by Crippen LogP contribution is -2.47. The third-order valence-corrected chi connectivity index (χ3v) is 5.82. The maximum atomic E-state index is 13.7. The first-order chi connectivity index (χ1) is 15.1. The van der Waals surface area contributed by atoms with Gasteiger partial charge >= 0.3 is 6.03 Å². The number of urea groups is 1. The third-order valence-electron chi connectivity index (χ3n) is 5.82. The summed E-state index contributed by atoms with van der Waals surface area (Å²) < 4.78 is 12.9. The van der Waals surface area contributed by atoms with Crippen LogP contribution in [0, 0.1) is 0 Å². The summed E-state index contributed by atoms with van der Waals surface area (Å²) in [6, 6.07) is 14.0. The second kappa shape index (κ2) is 9.12. The Balaban J connectivity index is 1.62. The van der Waals surface area contributed by atoms with Gasteiger partial charge in [-0.3, -0.25) is 4.90 Å². The van der Waals surface area contributed by atoms with Gasteiger partial charge in [-0.15, -0.1) is 0 Å². The first kappa shape index (κ1) is 20.8. The molecule has 1 aliphatic heterocycles. The van der Waals surface area contributed by atoms with Crippen molar-refractivity contribution < 1.29 is 14.3 Å². The fourth-order valence-electron chi connectivity index (χ4n) is 4.11. The molecule has 7 nitrogen and oxygen atoms in total. The van der Waals surface area contributed by atoms with Gasteiger partial charge in [0.2, 0.25) is 0 Å². The molecule has 0 fully saturated rings. The van der Waals surface area contributed by atoms with Gasteiger partial charge in [0.1, 0.15) is 11.5 Å². The van der Waals surface area contributed by atoms with E-state index in [1.54, 1.807) is 20.4 Å². The Hall–Kier alpha value is -3.48. The number of hydrogen-bond acceptors (Lipinski definition) is 4. The van der Waals surface area contributed by atoms with Crippen LogP contribution in [0.1, 0.15) is 24.1 Å². The molecule has 2 heterocycles. The predicted octanol–water partition coefficient (Wildman–Crippen LogP) is 4.15. The molecule has 0 aliphatic carbocycles. The zero-order chi connectivity index (χ0) is 21.8. The molecule has 31 heavy (non-hydrogen) atoms. The van der Waals surface area contributed by atoms with E-state index in [1.165, 1.54) is 5.56 Å². The van der Waals surface area contributed by atoms with Gasteiger partial charge in [0, 0.05) is 42.8 Å². The smallest absolute Gasteiger partial charge is 0.324 e. The summed E-state index contributed by atoms with van der Waals surface area (Å²) in [5, 5.41) is 0. The molecule has 2 amide bonds. The van der Waals surface area contributed by atoms with Crippen molar-refractivity contribution >= 4 is 11.7 Å². The topological polar surface area (TPSA) is 59.8 Å². The Morgan fingerprint density at radius 2 is 2.03 bits per heavy atom. The monoisotopic (exact) mass is 420 g/mol. The minimum atomic E-state index is -0.0161. The standard InChI is InChI=1S/C24H28N4O3/c1-4-26(15-19-9-10-21(30-2)14-23(19)31-3)24(29)28-16-20(27-12-11-25-17-27)13-18-7-5-6-8-22(18)28/h5-12,14,17,20H,4,13,15-16H2,1-3H3. The molecule has 3 aromatic rings. The molecule has 1 aliphatic rings. The summed E-state index contributed by atoms with van der Waals surface area (Å²) >= 11 is 0. The first-order valence-corrected chi connectivity index (χ1v) is 10.5. The van der Waals surface area contributed by atoms with Crippen LogP contribution in [-0.2, 0) is 13.0 Å². The molecule has 0 saturated carbocycles. The van der Waals surface area contributed by atoms with E-state index in [2.05, 4.69) is 15.6 Å². The van der Waals surface area contributed by atoms with E-state index < -0.39 is 0 Å². The van der Waals surface area contributed by atoms with E-state index in [-0.39, 0.29) is 12.1 Å². The third kappa shape index (κ3) is 4.21. The average molecular weight is 421 g/mol. The highest BCUT2D eigenvalue weighted by Crippen LogP contribution is 2.33. The van der Waals surface area contributed by atoms with Crippen LogP contribution in [0.2, 0.25) is 0 Å². The summed E-state index contributed by atoms with van der Waals surface area (Å²) in [6.45, 7) is 3.64. The number of para-hydroxylation sites is 1. The van der Waals surface area contributed by atoms with Gasteiger partial charge in [0.15, 0.2) is 0 Å². The molecule has 0 saturated heterocycles. The highest BCUT2D eigenvalue weighted by molar-refractivity contribution is 5.93. The zero-order valence-electron chi connectivity index (χ0n) is 18.2. The minimum absolute atomic E-state index is 0.0161. The van der Waals surface area contributed by atoms with E-state index in [1.807, 2.05) is 65.6 Å². The second-order valence-corrected chi connectivity index (χ2v) is 7.58. The van der Waals surface area contributed by atoms with E-state index >= 15 is 0 Å². The molecule has 7 heteroatoms. The molecule has 1 aromatic heterocycles. The van der Waals surface area contributed by atoms with Crippen LogP contribution >= 0.6 is 0 Å². The molecule has 4 rings (SSSR count). The highest BCUT2D eigenvalue weighted by Gasteiger charge is 2.31. The number of ether oxygens (including phenoxy) is 2. The Labute approximate surface area is 182 Å². The zero-order valence-corrected chi connectivity index (χ0v) is 18.2. The highest BCUT2D eigenvalue weighted by atomic mass is 16.5. The molecule has 1 atom stereocenters. The minimum Gasteiger partial charge on any atom is -0.497 e. The van der Waals surface area contributed by atoms with Crippen molar-refractivity contribution in [2.75, 3.05) is 32.2 Å². The van der Waals surface area contributed by atoms with Crippen molar-refractivity contribution in [3.05, 3.63) is 72.3 Å². The van der Waals surface area contributed by atoms with Gasteiger partial charge in [-0.05, 0) is 37.1 Å². The number of carbonyl (C=O) groups is 1. The fourth-order valence-corrected chi connectivity index (χ4v) is 4.11. The van der Waals surface area contributed by atoms with E-state index in [4.69, 9.17) is 9.47 Å². The normalized spacial score (nSPS) is 15.3. The quantitative estimate of drug-likeness (QED) is 0.601. The maximum Gasteiger partial charge on any atom is 0.324 e. The summed E-state index contributed by atoms with van der Waals surface area (Å²) in [6.07, 6.45) is 6.43. The van der Waals surface area contributed by atoms with Gasteiger partial charge in [-0.25, -0.2) is 9.78 Å². The summed E-state index contributed by atoms with van der Waals surface area (Å²) in [5.74, 6) is 1.43. The molecule has 2 aromatic carbocycles. The number of amides is 2. The van der Waals surface area contributed by atoms with Gasteiger partial charge in [-0.1, -0.05) is 18.2 Å². The Morgan fingerprint density at radius 1 is 1.19 bits per heavy atom. The van der Waals surface area contributed by atoms with E-state index in [0.29, 0.717) is 25.4 Å². The van der Waals surface area contributed by atoms with Crippen LogP contribution in [0.25, 0.3) is 0 Å². The number of rotatable bonds is 6. The fraction of sp³-hybridized carbons (Fsp3) is 0.333. The predicted molar refractivity (Wildman–Crippen MR) is 120 cm³/mol. The first-order valence-electron chi connectivity index (χ1n) is 10.5. The van der Waals surface area contributed by atoms with Crippen LogP contribution in [0.15, 0.2) is 61.2 Å². The lowest BCUT2D eigenvalue weighted by Gasteiger charge is -2.38. The number of aromatic nitrogens is 2. The van der Waals surface area contributed by atoms with Crippen molar-refractivity contribution in [3.63, 3.8) is 0 Å². The summed E-state index contributed by atoms with van der Waals surface area (Å²) in [5.41, 5.74) is 3.08. The number of nitrogens with zero attached hydrogens (tertiary/aromatic N) is 4. The van der Waals surface area contributed by atoms with Gasteiger partial charge in [-0.2, -0.15) is 0 Å². The molecule has 0 radical (unpaired) electrons. The Morgan fingerprint density at radius 3 is 2.74 bits per heavy atom. The van der Waals surface area contributed by atoms with Crippen LogP contribution in [0.4, 0.5) is 10.5 Å². The number of benzene rings is 2. The van der Waals surface area contributed by atoms with Crippen LogP contribution < -0.4 is 14.4 Å². The Kier molecular flexibility index (Phi) is 6.11. The molecular weight excluding hydrogens is 392 g/mol. The van der Waals surface area contributed by atoms with E-state index in [9.17, 15) is 4.79 Å². The maximum absolute atomic E-state index is 13.7. The number of imidazole rings is 1. The van der Waals surface area contributed by atoms with Crippen molar-refractivity contribution in [1.29, 1.82) is 0 Å². The average Bonchev–Trinajstić information content (AvgIpc) is 3.36. The van der Waals surface area contributed by atoms with Crippen molar-refractivity contribution in [3.8, 4) is 11.5 Å². The lowest BCUT2D eigenvalue weighted by atomic mass is 9.98. The second-order valence-electron chi connectivity index (χ2n) is 7.58. The largest absolute Gasteiger partial charge is 0.497 e. The van der Waals surface area contributed by atoms with Gasteiger partial charge in [0.05, 0.1) is 33.1 Å². The number of fused-ring (bicyclic) bond motifs is 1. The van der Waals surface area contributed by atoms with Crippen molar-refractivity contribution in [2.45, 2.75) is 25.9 Å². The van der Waals surface area contributed by atoms with Crippen molar-refractivity contribution in [1.82, 2.24) is 14.5 Å². The van der Waals surface area contributed by atoms with Crippen molar-refractivity contribution in [2.24, 2.45) is 0 Å². The summed E-state index contributed by atoms with van der Waals surface area (Å²) in [4.78, 5) is 21.6. The molecule has 162 valence electrons. The summed E-state index contributed by atoms with van der Waals surface area (Å²) in [7, 11) is 3.26. The number of carbonyl (C=O) groups excluding carboxylic acids is 1. The van der Waals surface area contributed by atoms with E-state index in [0.717, 1.165) is 23.4 Å². The number of hydrogen-bond donors (Lipinski definition) is 0. The number of methoxy groups -OCH3 is 2. The lowest BCUT2D eigenvalue weighted by molar-refractivity contribution is 0.202. The molecule has 1 unspecified atom stereocenters. The number of anilines is 1. The molecular formula is C24H28N4O3. The van der Waals surface area contributed by atoms with Gasteiger partial charge < -0.3 is 18.9 Å². The molecule has 0 N–H and O–H groups in total. The SMILES string of the molecule is CCN(Cc1ccc(OC)cc1OC)C(=O)N1CC(n2ccnc2)Cc2ccccc21. The van der Waals surface area contributed by atoms with Crippen LogP contribution in [0.3, 0.4) is 0 Å². The van der Waals surface area contributed by atoms with Crippen LogP contribution in [-0.4, -0.2) is 47.8 Å². The van der Waals surface area contributed by atoms with Gasteiger partial charge in [0.25, 0.3) is 0 Å². The molecule has 0 spiro atoms. The molecule has 0 bridgehead atoms. The Bertz CT molecular complexity index is 1040.